The molecule has 0 aliphatic carbocycles. The zero-order chi connectivity index (χ0) is 24.4. The number of benzene rings is 2. The van der Waals surface area contributed by atoms with Gasteiger partial charge in [0.2, 0.25) is 0 Å². The first-order valence-corrected chi connectivity index (χ1v) is 12.1. The van der Waals surface area contributed by atoms with Crippen LogP contribution >= 0.6 is 31.9 Å². The van der Waals surface area contributed by atoms with E-state index in [0.717, 1.165) is 8.95 Å². The van der Waals surface area contributed by atoms with Gasteiger partial charge in [-0.05, 0) is 42.5 Å². The third-order valence-electron chi connectivity index (χ3n) is 5.15. The number of carbonyl (C=O) groups is 4. The minimum absolute atomic E-state index is 0.0849. The van der Waals surface area contributed by atoms with Crippen molar-refractivity contribution in [3.63, 3.8) is 0 Å². The molecule has 176 valence electrons. The Morgan fingerprint density at radius 1 is 0.727 bits per heavy atom. The minimum atomic E-state index is -0.495. The summed E-state index contributed by atoms with van der Waals surface area (Å²) in [6.07, 6.45) is 0.594. The van der Waals surface area contributed by atoms with Crippen LogP contribution in [0.1, 0.15) is 53.8 Å². The van der Waals surface area contributed by atoms with Crippen LogP contribution in [0.4, 0.5) is 0 Å². The summed E-state index contributed by atoms with van der Waals surface area (Å²) in [6.45, 7) is 3.25. The Balaban J connectivity index is 1.75. The highest BCUT2D eigenvalue weighted by atomic mass is 79.9. The van der Waals surface area contributed by atoms with Crippen LogP contribution in [0.25, 0.3) is 0 Å². The van der Waals surface area contributed by atoms with Crippen LogP contribution in [0, 0.1) is 11.8 Å². The fraction of sp³-hybridized carbons (Fsp3) is 0.360. The van der Waals surface area contributed by atoms with Gasteiger partial charge in [0.25, 0.3) is 0 Å². The van der Waals surface area contributed by atoms with Crippen LogP contribution in [0.3, 0.4) is 0 Å². The first kappa shape index (κ1) is 26.9. The van der Waals surface area contributed by atoms with Crippen LogP contribution in [-0.4, -0.2) is 36.7 Å². The van der Waals surface area contributed by atoms with Crippen LogP contribution in [0.2, 0.25) is 0 Å². The first-order valence-electron chi connectivity index (χ1n) is 10.5. The molecule has 2 aromatic rings. The lowest BCUT2D eigenvalue weighted by Gasteiger charge is -2.19. The predicted octanol–water partition coefficient (Wildman–Crippen LogP) is 5.81. The molecule has 0 saturated carbocycles. The molecule has 6 nitrogen and oxygen atoms in total. The second-order valence-corrected chi connectivity index (χ2v) is 9.76. The van der Waals surface area contributed by atoms with Crippen molar-refractivity contribution in [2.24, 2.45) is 11.8 Å². The van der Waals surface area contributed by atoms with E-state index in [4.69, 9.17) is 9.47 Å². The molecule has 0 aliphatic heterocycles. The maximum Gasteiger partial charge on any atom is 0.306 e. The van der Waals surface area contributed by atoms with Gasteiger partial charge in [-0.15, -0.1) is 0 Å². The molecule has 0 spiro atoms. The number of rotatable bonds is 12. The van der Waals surface area contributed by atoms with E-state index in [1.54, 1.807) is 48.5 Å². The SMILES string of the molecule is CC(C)[C@@H](CCC(=O)OCC(=O)c1ccc(Br)cc1)CC(=O)OCC(=O)c1ccc(Br)cc1. The van der Waals surface area contributed by atoms with Crippen molar-refractivity contribution in [2.75, 3.05) is 13.2 Å². The molecule has 0 bridgehead atoms. The lowest BCUT2D eigenvalue weighted by atomic mass is 9.88. The molecule has 0 N–H and O–H groups in total. The molecular weight excluding hydrogens is 556 g/mol. The summed E-state index contributed by atoms with van der Waals surface area (Å²) in [4.78, 5) is 48.6. The summed E-state index contributed by atoms with van der Waals surface area (Å²) in [6, 6.07) is 13.6. The third kappa shape index (κ3) is 9.60. The van der Waals surface area contributed by atoms with Gasteiger partial charge in [0.1, 0.15) is 0 Å². The van der Waals surface area contributed by atoms with Gasteiger partial charge >= 0.3 is 11.9 Å². The molecule has 0 fully saturated rings. The number of hydrogen-bond acceptors (Lipinski definition) is 6. The van der Waals surface area contributed by atoms with Gasteiger partial charge in [0, 0.05) is 32.9 Å². The molecule has 0 radical (unpaired) electrons. The minimum Gasteiger partial charge on any atom is -0.457 e. The van der Waals surface area contributed by atoms with Gasteiger partial charge in [-0.2, -0.15) is 0 Å². The standard InChI is InChI=1S/C25H26Br2O6/c1-16(2)19(13-25(31)33-15-23(29)18-5-10-21(27)11-6-18)7-12-24(30)32-14-22(28)17-3-8-20(26)9-4-17/h3-6,8-11,16,19H,7,12-15H2,1-2H3/t19-/m0/s1. The smallest absolute Gasteiger partial charge is 0.306 e. The monoisotopic (exact) mass is 580 g/mol. The van der Waals surface area contributed by atoms with Crippen molar-refractivity contribution in [1.29, 1.82) is 0 Å². The maximum atomic E-state index is 12.2. The highest BCUT2D eigenvalue weighted by Crippen LogP contribution is 2.22. The van der Waals surface area contributed by atoms with Crippen LogP contribution in [0.5, 0.6) is 0 Å². The molecule has 8 heteroatoms. The topological polar surface area (TPSA) is 86.7 Å². The second kappa shape index (κ2) is 13.4. The van der Waals surface area contributed by atoms with E-state index in [1.807, 2.05) is 13.8 Å². The molecule has 0 aromatic heterocycles. The number of ketones is 2. The Morgan fingerprint density at radius 2 is 1.15 bits per heavy atom. The number of Topliss-reactive ketones (excluding diaryl/α,β-unsaturated/α-hetero) is 2. The fourth-order valence-corrected chi connectivity index (χ4v) is 3.58. The average molecular weight is 582 g/mol. The molecular formula is C25H26Br2O6. The number of esters is 2. The second-order valence-electron chi connectivity index (χ2n) is 7.93. The van der Waals surface area contributed by atoms with E-state index in [1.165, 1.54) is 0 Å². The summed E-state index contributed by atoms with van der Waals surface area (Å²) in [5.74, 6) is -1.54. The number of ether oxygens (including phenoxy) is 2. The van der Waals surface area contributed by atoms with E-state index in [2.05, 4.69) is 31.9 Å². The lowest BCUT2D eigenvalue weighted by molar-refractivity contribution is -0.146. The molecule has 33 heavy (non-hydrogen) atoms. The molecule has 1 atom stereocenters. The van der Waals surface area contributed by atoms with Gasteiger partial charge in [-0.1, -0.05) is 70.0 Å². The molecule has 0 unspecified atom stereocenters. The van der Waals surface area contributed by atoms with E-state index in [-0.39, 0.29) is 49.5 Å². The van der Waals surface area contributed by atoms with Crippen molar-refractivity contribution < 1.29 is 28.7 Å². The molecule has 2 aromatic carbocycles. The molecule has 0 saturated heterocycles. The highest BCUT2D eigenvalue weighted by molar-refractivity contribution is 9.10. The highest BCUT2D eigenvalue weighted by Gasteiger charge is 2.21. The quantitative estimate of drug-likeness (QED) is 0.232. The summed E-state index contributed by atoms with van der Waals surface area (Å²) in [5, 5.41) is 0. The van der Waals surface area contributed by atoms with E-state index >= 15 is 0 Å². The third-order valence-corrected chi connectivity index (χ3v) is 6.21. The summed E-state index contributed by atoms with van der Waals surface area (Å²) >= 11 is 6.61. The summed E-state index contributed by atoms with van der Waals surface area (Å²) in [5.41, 5.74) is 0.929. The van der Waals surface area contributed by atoms with E-state index in [9.17, 15) is 19.2 Å². The van der Waals surface area contributed by atoms with Crippen LogP contribution in [0.15, 0.2) is 57.5 Å². The van der Waals surface area contributed by atoms with Crippen molar-refractivity contribution >= 4 is 55.4 Å². The van der Waals surface area contributed by atoms with Gasteiger partial charge in [0.15, 0.2) is 24.8 Å². The predicted molar refractivity (Wildman–Crippen MR) is 131 cm³/mol. The Hall–Kier alpha value is -2.32. The fourth-order valence-electron chi connectivity index (χ4n) is 3.05. The zero-order valence-electron chi connectivity index (χ0n) is 18.5. The Morgan fingerprint density at radius 3 is 1.58 bits per heavy atom. The zero-order valence-corrected chi connectivity index (χ0v) is 21.7. The van der Waals surface area contributed by atoms with Gasteiger partial charge in [-0.25, -0.2) is 0 Å². The van der Waals surface area contributed by atoms with Gasteiger partial charge < -0.3 is 9.47 Å². The van der Waals surface area contributed by atoms with Crippen LogP contribution < -0.4 is 0 Å². The van der Waals surface area contributed by atoms with Gasteiger partial charge in [0.05, 0.1) is 0 Å². The summed E-state index contributed by atoms with van der Waals surface area (Å²) in [7, 11) is 0. The maximum absolute atomic E-state index is 12.2. The lowest BCUT2D eigenvalue weighted by Crippen LogP contribution is -2.21. The molecule has 2 rings (SSSR count). The Kier molecular flexibility index (Phi) is 10.9. The van der Waals surface area contributed by atoms with E-state index < -0.39 is 11.9 Å². The summed E-state index contributed by atoms with van der Waals surface area (Å²) < 4.78 is 12.0. The van der Waals surface area contributed by atoms with Crippen molar-refractivity contribution in [1.82, 2.24) is 0 Å². The first-order chi connectivity index (χ1) is 15.7. The van der Waals surface area contributed by atoms with E-state index in [0.29, 0.717) is 17.5 Å². The number of halogens is 2. The van der Waals surface area contributed by atoms with Crippen molar-refractivity contribution in [3.8, 4) is 0 Å². The molecule has 0 heterocycles. The molecule has 0 aliphatic rings. The average Bonchev–Trinajstić information content (AvgIpc) is 2.79. The van der Waals surface area contributed by atoms with Crippen molar-refractivity contribution in [2.45, 2.75) is 33.1 Å². The number of hydrogen-bond donors (Lipinski definition) is 0. The Bertz CT molecular complexity index is 967. The van der Waals surface area contributed by atoms with Crippen LogP contribution in [-0.2, 0) is 19.1 Å². The Labute approximate surface area is 210 Å². The largest absolute Gasteiger partial charge is 0.457 e. The number of carbonyl (C=O) groups excluding carboxylic acids is 4. The normalized spacial score (nSPS) is 11.7. The van der Waals surface area contributed by atoms with Crippen molar-refractivity contribution in [3.05, 3.63) is 68.6 Å². The van der Waals surface area contributed by atoms with Gasteiger partial charge in [-0.3, -0.25) is 19.2 Å². The molecule has 0 amide bonds.